The molecule has 0 saturated carbocycles. The summed E-state index contributed by atoms with van der Waals surface area (Å²) < 4.78 is 4.82. The van der Waals surface area contributed by atoms with Crippen molar-refractivity contribution < 1.29 is 9.53 Å². The van der Waals surface area contributed by atoms with E-state index in [4.69, 9.17) is 4.74 Å². The first-order valence-corrected chi connectivity index (χ1v) is 5.73. The average molecular weight is 235 g/mol. The van der Waals surface area contributed by atoms with E-state index in [1.807, 2.05) is 37.9 Å². The molecule has 94 valence electrons. The molecule has 0 bridgehead atoms. The summed E-state index contributed by atoms with van der Waals surface area (Å²) in [5.74, 6) is -0.214. The summed E-state index contributed by atoms with van der Waals surface area (Å²) in [6.07, 6.45) is 0. The van der Waals surface area contributed by atoms with Crippen LogP contribution in [0.3, 0.4) is 0 Å². The van der Waals surface area contributed by atoms with Gasteiger partial charge in [-0.15, -0.1) is 0 Å². The summed E-state index contributed by atoms with van der Waals surface area (Å²) >= 11 is 0. The Kier molecular flexibility index (Phi) is 4.29. The number of aryl methyl sites for hydroxylation is 1. The largest absolute Gasteiger partial charge is 0.468 e. The number of likely N-dealkylation sites (N-methyl/N-ethyl adjacent to an activating group) is 1. The number of carbonyl (C=O) groups is 1. The van der Waals surface area contributed by atoms with Gasteiger partial charge in [0.15, 0.2) is 0 Å². The maximum absolute atomic E-state index is 11.7. The molecule has 17 heavy (non-hydrogen) atoms. The fourth-order valence-corrected chi connectivity index (χ4v) is 1.65. The second-order valence-electron chi connectivity index (χ2n) is 4.83. The molecule has 0 N–H and O–H groups in total. The van der Waals surface area contributed by atoms with E-state index in [0.717, 1.165) is 6.54 Å². The van der Waals surface area contributed by atoms with Gasteiger partial charge >= 0.3 is 5.97 Å². The number of esters is 1. The molecule has 0 saturated heterocycles. The Bertz CT molecular complexity index is 399. The Hall–Kier alpha value is -1.35. The third-order valence-electron chi connectivity index (χ3n) is 3.31. The zero-order valence-corrected chi connectivity index (χ0v) is 11.3. The van der Waals surface area contributed by atoms with Crippen molar-refractivity contribution in [3.63, 3.8) is 0 Å². The molecule has 0 aliphatic carbocycles. The lowest BCUT2D eigenvalue weighted by atomic mass is 10.0. The summed E-state index contributed by atoms with van der Waals surface area (Å²) in [5.41, 5.74) is 1.85. The second kappa shape index (κ2) is 5.32. The van der Waals surface area contributed by atoms with E-state index in [1.165, 1.54) is 18.2 Å². The number of methoxy groups -OCH3 is 1. The lowest BCUT2D eigenvalue weighted by Gasteiger charge is -2.33. The van der Waals surface area contributed by atoms with Gasteiger partial charge in [-0.05, 0) is 38.9 Å². The highest BCUT2D eigenvalue weighted by molar-refractivity contribution is 5.79. The van der Waals surface area contributed by atoms with Crippen LogP contribution in [-0.2, 0) is 16.1 Å². The van der Waals surface area contributed by atoms with Gasteiger partial charge in [-0.3, -0.25) is 9.69 Å². The number of hydrogen-bond donors (Lipinski definition) is 0. The zero-order chi connectivity index (χ0) is 13.1. The van der Waals surface area contributed by atoms with E-state index in [2.05, 4.69) is 19.1 Å². The van der Waals surface area contributed by atoms with Gasteiger partial charge in [0.05, 0.1) is 7.11 Å². The number of benzene rings is 1. The molecule has 0 aromatic heterocycles. The van der Waals surface area contributed by atoms with E-state index in [0.29, 0.717) is 0 Å². The highest BCUT2D eigenvalue weighted by atomic mass is 16.5. The van der Waals surface area contributed by atoms with Gasteiger partial charge in [0.1, 0.15) is 5.54 Å². The van der Waals surface area contributed by atoms with Gasteiger partial charge < -0.3 is 4.74 Å². The fourth-order valence-electron chi connectivity index (χ4n) is 1.65. The molecule has 3 nitrogen and oxygen atoms in total. The van der Waals surface area contributed by atoms with Crippen LogP contribution in [0.5, 0.6) is 0 Å². The average Bonchev–Trinajstić information content (AvgIpc) is 2.30. The predicted molar refractivity (Wildman–Crippen MR) is 68.7 cm³/mol. The highest BCUT2D eigenvalue weighted by Crippen LogP contribution is 2.18. The first kappa shape index (κ1) is 13.7. The maximum atomic E-state index is 11.7. The quantitative estimate of drug-likeness (QED) is 0.750. The minimum Gasteiger partial charge on any atom is -0.468 e. The minimum atomic E-state index is -0.614. The van der Waals surface area contributed by atoms with Crippen LogP contribution in [0.1, 0.15) is 25.0 Å². The lowest BCUT2D eigenvalue weighted by molar-refractivity contribution is -0.152. The Labute approximate surface area is 103 Å². The molecule has 0 atom stereocenters. The number of nitrogens with zero attached hydrogens (tertiary/aromatic N) is 1. The molecule has 1 aromatic carbocycles. The van der Waals surface area contributed by atoms with Gasteiger partial charge in [-0.25, -0.2) is 0 Å². The third-order valence-corrected chi connectivity index (χ3v) is 3.31. The minimum absolute atomic E-state index is 0.214. The Balaban J connectivity index is 2.82. The summed E-state index contributed by atoms with van der Waals surface area (Å²) in [7, 11) is 3.36. The Morgan fingerprint density at radius 3 is 2.47 bits per heavy atom. The van der Waals surface area contributed by atoms with Crippen LogP contribution in [0, 0.1) is 6.92 Å². The van der Waals surface area contributed by atoms with Crippen LogP contribution in [0.15, 0.2) is 24.3 Å². The van der Waals surface area contributed by atoms with E-state index in [-0.39, 0.29) is 5.97 Å². The van der Waals surface area contributed by atoms with Gasteiger partial charge in [0.2, 0.25) is 0 Å². The molecular weight excluding hydrogens is 214 g/mol. The monoisotopic (exact) mass is 235 g/mol. The van der Waals surface area contributed by atoms with Crippen molar-refractivity contribution >= 4 is 5.97 Å². The molecule has 0 spiro atoms. The molecule has 0 amide bonds. The number of carbonyl (C=O) groups excluding carboxylic acids is 1. The van der Waals surface area contributed by atoms with Crippen molar-refractivity contribution in [1.29, 1.82) is 0 Å². The molecule has 3 heteroatoms. The van der Waals surface area contributed by atoms with Crippen LogP contribution in [0.4, 0.5) is 0 Å². The van der Waals surface area contributed by atoms with Crippen LogP contribution >= 0.6 is 0 Å². The molecule has 0 unspecified atom stereocenters. The smallest absolute Gasteiger partial charge is 0.325 e. The van der Waals surface area contributed by atoms with Crippen molar-refractivity contribution in [2.24, 2.45) is 0 Å². The van der Waals surface area contributed by atoms with Gasteiger partial charge in [-0.2, -0.15) is 0 Å². The van der Waals surface area contributed by atoms with Crippen molar-refractivity contribution in [3.8, 4) is 0 Å². The predicted octanol–water partition coefficient (Wildman–Crippen LogP) is 2.38. The van der Waals surface area contributed by atoms with Gasteiger partial charge in [0, 0.05) is 6.54 Å². The highest BCUT2D eigenvalue weighted by Gasteiger charge is 2.33. The molecule has 1 rings (SSSR count). The molecule has 0 aliphatic heterocycles. The first-order chi connectivity index (χ1) is 7.89. The van der Waals surface area contributed by atoms with E-state index in [1.54, 1.807) is 0 Å². The van der Waals surface area contributed by atoms with Crippen molar-refractivity contribution in [2.75, 3.05) is 14.2 Å². The molecule has 0 fully saturated rings. The van der Waals surface area contributed by atoms with E-state index < -0.39 is 5.54 Å². The van der Waals surface area contributed by atoms with Crippen LogP contribution in [-0.4, -0.2) is 30.6 Å². The maximum Gasteiger partial charge on any atom is 0.325 e. The first-order valence-electron chi connectivity index (χ1n) is 5.73. The van der Waals surface area contributed by atoms with Crippen LogP contribution in [0.2, 0.25) is 0 Å². The normalized spacial score (nSPS) is 11.6. The molecule has 0 radical (unpaired) electrons. The molecule has 1 aromatic rings. The van der Waals surface area contributed by atoms with Crippen LogP contribution in [0.25, 0.3) is 0 Å². The standard InChI is InChI=1S/C14H21NO2/c1-11-8-6-7-9-12(11)10-15(4)14(2,3)13(16)17-5/h6-9H,10H2,1-5H3. The summed E-state index contributed by atoms with van der Waals surface area (Å²) in [5, 5.41) is 0. The van der Waals surface area contributed by atoms with Crippen molar-refractivity contribution in [3.05, 3.63) is 35.4 Å². The van der Waals surface area contributed by atoms with Gasteiger partial charge in [-0.1, -0.05) is 24.3 Å². The molecular formula is C14H21NO2. The summed E-state index contributed by atoms with van der Waals surface area (Å²) in [6.45, 7) is 6.55. The SMILES string of the molecule is COC(=O)C(C)(C)N(C)Cc1ccccc1C. The van der Waals surface area contributed by atoms with Crippen molar-refractivity contribution in [2.45, 2.75) is 32.9 Å². The number of rotatable bonds is 4. The third kappa shape index (κ3) is 3.07. The van der Waals surface area contributed by atoms with Crippen molar-refractivity contribution in [1.82, 2.24) is 4.90 Å². The van der Waals surface area contributed by atoms with E-state index in [9.17, 15) is 4.79 Å². The number of ether oxygens (including phenoxy) is 1. The van der Waals surface area contributed by atoms with E-state index >= 15 is 0 Å². The second-order valence-corrected chi connectivity index (χ2v) is 4.83. The van der Waals surface area contributed by atoms with Gasteiger partial charge in [0.25, 0.3) is 0 Å². The Morgan fingerprint density at radius 2 is 1.94 bits per heavy atom. The molecule has 0 heterocycles. The summed E-state index contributed by atoms with van der Waals surface area (Å²) in [4.78, 5) is 13.7. The lowest BCUT2D eigenvalue weighted by Crippen LogP contribution is -2.48. The zero-order valence-electron chi connectivity index (χ0n) is 11.3. The topological polar surface area (TPSA) is 29.5 Å². The fraction of sp³-hybridized carbons (Fsp3) is 0.500. The number of hydrogen-bond acceptors (Lipinski definition) is 3. The Morgan fingerprint density at radius 1 is 1.35 bits per heavy atom. The molecule has 0 aliphatic rings. The summed E-state index contributed by atoms with van der Waals surface area (Å²) in [6, 6.07) is 8.19. The van der Waals surface area contributed by atoms with Crippen LogP contribution < -0.4 is 0 Å².